The number of carbonyl (C=O) groups is 3. The Labute approximate surface area is 199 Å². The lowest BCUT2D eigenvalue weighted by Gasteiger charge is -2.24. The van der Waals surface area contributed by atoms with Gasteiger partial charge in [0.25, 0.3) is 6.57 Å². The molecule has 0 aromatic rings. The van der Waals surface area contributed by atoms with E-state index in [0.717, 1.165) is 58.5 Å². The molecule has 0 spiro atoms. The Morgan fingerprint density at radius 2 is 1.76 bits per heavy atom. The molecule has 3 unspecified atom stereocenters. The zero-order valence-corrected chi connectivity index (χ0v) is 20.0. The average Bonchev–Trinajstić information content (AvgIpc) is 3.30. The van der Waals surface area contributed by atoms with Gasteiger partial charge in [0.2, 0.25) is 11.8 Å². The zero-order chi connectivity index (χ0) is 23.5. The van der Waals surface area contributed by atoms with Crippen LogP contribution in [0.25, 0.3) is 4.85 Å². The van der Waals surface area contributed by atoms with E-state index < -0.39 is 5.66 Å². The van der Waals surface area contributed by atoms with Crippen LogP contribution in [0.1, 0.15) is 25.7 Å². The molecule has 3 rings (SSSR count). The SMILES string of the molecule is C#[N+]C12CSC(CCCCC(=O)NCC(=O)N3CCNCCNCCNCC3)C1NC(=O)N2. The lowest BCUT2D eigenvalue weighted by atomic mass is 9.98. The van der Waals surface area contributed by atoms with Crippen molar-refractivity contribution in [1.29, 1.82) is 0 Å². The Kier molecular flexibility index (Phi) is 10.1. The number of hydrogen-bond donors (Lipinski definition) is 6. The third kappa shape index (κ3) is 7.46. The summed E-state index contributed by atoms with van der Waals surface area (Å²) in [6, 6.07) is -0.351. The molecule has 184 valence electrons. The van der Waals surface area contributed by atoms with Crippen molar-refractivity contribution in [3.8, 4) is 6.57 Å². The van der Waals surface area contributed by atoms with Crippen molar-refractivity contribution in [2.45, 2.75) is 42.6 Å². The number of urea groups is 1. The third-order valence-electron chi connectivity index (χ3n) is 6.26. The molecule has 3 aliphatic heterocycles. The van der Waals surface area contributed by atoms with Crippen LogP contribution in [0.4, 0.5) is 4.79 Å². The summed E-state index contributed by atoms with van der Waals surface area (Å²) in [6.45, 7) is 11.8. The first-order valence-electron chi connectivity index (χ1n) is 11.8. The van der Waals surface area contributed by atoms with Gasteiger partial charge in [-0.15, -0.1) is 11.8 Å². The quantitative estimate of drug-likeness (QED) is 0.197. The standard InChI is InChI=1S/C21H36N8O3S/c1-22-21-15-33-16(19(21)27-20(32)28-21)4-2-3-5-17(30)26-14-18(31)29-12-10-24-8-6-23-7-9-25-11-13-29/h1,16,19,23-25H,2-15H2,(H2-,26,27,28,30,32)/p+1. The first kappa shape index (κ1) is 25.6. The minimum absolute atomic E-state index is 0.0269. The van der Waals surface area contributed by atoms with Crippen molar-refractivity contribution >= 4 is 29.6 Å². The van der Waals surface area contributed by atoms with Gasteiger partial charge in [0.05, 0.1) is 12.3 Å². The van der Waals surface area contributed by atoms with E-state index >= 15 is 0 Å². The molecule has 3 atom stereocenters. The van der Waals surface area contributed by atoms with Crippen molar-refractivity contribution < 1.29 is 14.4 Å². The van der Waals surface area contributed by atoms with Crippen LogP contribution >= 0.6 is 11.8 Å². The van der Waals surface area contributed by atoms with Crippen LogP contribution in [-0.4, -0.2) is 104 Å². The molecule has 0 saturated carbocycles. The molecule has 0 aromatic carbocycles. The van der Waals surface area contributed by atoms with Gasteiger partial charge in [0.15, 0.2) is 0 Å². The van der Waals surface area contributed by atoms with E-state index in [4.69, 9.17) is 6.57 Å². The van der Waals surface area contributed by atoms with Gasteiger partial charge >= 0.3 is 11.7 Å². The molecule has 33 heavy (non-hydrogen) atoms. The number of rotatable bonds is 7. The molecule has 3 saturated heterocycles. The summed E-state index contributed by atoms with van der Waals surface area (Å²) in [4.78, 5) is 42.2. The minimum atomic E-state index is -0.713. The van der Waals surface area contributed by atoms with Crippen molar-refractivity contribution in [1.82, 2.24) is 36.8 Å². The number of nitrogens with one attached hydrogen (secondary N) is 6. The molecular weight excluding hydrogens is 444 g/mol. The molecule has 4 amide bonds. The molecule has 6 N–H and O–H groups in total. The highest BCUT2D eigenvalue weighted by Crippen LogP contribution is 2.40. The number of unbranched alkanes of at least 4 members (excludes halogenated alkanes) is 1. The van der Waals surface area contributed by atoms with Crippen molar-refractivity contribution in [2.75, 3.05) is 64.7 Å². The monoisotopic (exact) mass is 481 g/mol. The molecule has 0 radical (unpaired) electrons. The molecule has 0 aliphatic carbocycles. The summed E-state index contributed by atoms with van der Waals surface area (Å²) in [5.41, 5.74) is -0.713. The van der Waals surface area contributed by atoms with Crippen LogP contribution in [0.2, 0.25) is 0 Å². The lowest BCUT2D eigenvalue weighted by molar-refractivity contribution is -0.132. The number of amides is 4. The number of thioether (sulfide) groups is 1. The van der Waals surface area contributed by atoms with Crippen LogP contribution in [0, 0.1) is 6.57 Å². The van der Waals surface area contributed by atoms with E-state index in [1.165, 1.54) is 0 Å². The van der Waals surface area contributed by atoms with Crippen LogP contribution in [-0.2, 0) is 9.59 Å². The van der Waals surface area contributed by atoms with E-state index in [9.17, 15) is 14.4 Å². The van der Waals surface area contributed by atoms with Gasteiger partial charge < -0.3 is 31.5 Å². The fraction of sp³-hybridized carbons (Fsp3) is 0.810. The molecule has 0 bridgehead atoms. The van der Waals surface area contributed by atoms with Crippen molar-refractivity contribution in [2.24, 2.45) is 0 Å². The summed E-state index contributed by atoms with van der Waals surface area (Å²) in [5.74, 6) is 0.482. The van der Waals surface area contributed by atoms with Gasteiger partial charge in [-0.2, -0.15) is 0 Å². The second kappa shape index (κ2) is 13.0. The smallest absolute Gasteiger partial charge is 0.347 e. The van der Waals surface area contributed by atoms with Crippen molar-refractivity contribution in [3.05, 3.63) is 4.85 Å². The predicted octanol–water partition coefficient (Wildman–Crippen LogP) is -1.27. The molecule has 0 aromatic heterocycles. The summed E-state index contributed by atoms with van der Waals surface area (Å²) < 4.78 is 0. The highest BCUT2D eigenvalue weighted by molar-refractivity contribution is 8.00. The van der Waals surface area contributed by atoms with Gasteiger partial charge in [-0.05, 0) is 12.8 Å². The fourth-order valence-electron chi connectivity index (χ4n) is 4.35. The van der Waals surface area contributed by atoms with Gasteiger partial charge in [-0.25, -0.2) is 4.79 Å². The van der Waals surface area contributed by atoms with E-state index in [1.54, 1.807) is 16.7 Å². The average molecular weight is 482 g/mol. The maximum Gasteiger partial charge on any atom is 0.386 e. The summed E-state index contributed by atoms with van der Waals surface area (Å²) >= 11 is 1.74. The topological polar surface area (TPSA) is 131 Å². The van der Waals surface area contributed by atoms with Gasteiger partial charge in [-0.3, -0.25) is 14.9 Å². The fourth-order valence-corrected chi connectivity index (χ4v) is 5.96. The van der Waals surface area contributed by atoms with E-state index in [-0.39, 0.29) is 35.7 Å². The minimum Gasteiger partial charge on any atom is -0.347 e. The largest absolute Gasteiger partial charge is 0.386 e. The van der Waals surface area contributed by atoms with Crippen LogP contribution < -0.4 is 31.9 Å². The Balaban J connectivity index is 1.31. The van der Waals surface area contributed by atoms with Gasteiger partial charge in [-0.1, -0.05) is 11.3 Å². The molecule has 12 heteroatoms. The Morgan fingerprint density at radius 1 is 1.09 bits per heavy atom. The Bertz CT molecular complexity index is 721. The summed E-state index contributed by atoms with van der Waals surface area (Å²) in [6.07, 6.45) is 2.82. The number of hydrogen-bond acceptors (Lipinski definition) is 7. The van der Waals surface area contributed by atoms with Crippen LogP contribution in [0.15, 0.2) is 0 Å². The highest BCUT2D eigenvalue weighted by atomic mass is 32.2. The number of nitrogens with zero attached hydrogens (tertiary/aromatic N) is 2. The predicted molar refractivity (Wildman–Crippen MR) is 129 cm³/mol. The first-order chi connectivity index (χ1) is 16.0. The number of fused-ring (bicyclic) bond motifs is 1. The first-order valence-corrected chi connectivity index (χ1v) is 12.9. The Hall–Kier alpha value is -2.07. The summed E-state index contributed by atoms with van der Waals surface area (Å²) in [7, 11) is 0. The highest BCUT2D eigenvalue weighted by Gasteiger charge is 2.63. The third-order valence-corrected chi connectivity index (χ3v) is 7.80. The molecule has 3 aliphatic rings. The van der Waals surface area contributed by atoms with Crippen molar-refractivity contribution in [3.63, 3.8) is 0 Å². The zero-order valence-electron chi connectivity index (χ0n) is 19.2. The second-order valence-electron chi connectivity index (χ2n) is 8.63. The molecule has 3 fully saturated rings. The maximum absolute atomic E-state index is 12.6. The van der Waals surface area contributed by atoms with Gasteiger partial charge in [0.1, 0.15) is 6.04 Å². The van der Waals surface area contributed by atoms with E-state index in [2.05, 4.69) is 36.7 Å². The normalized spacial score (nSPS) is 28.5. The summed E-state index contributed by atoms with van der Waals surface area (Å²) in [5, 5.41) is 18.7. The molecule has 11 nitrogen and oxygen atoms in total. The van der Waals surface area contributed by atoms with E-state index in [0.29, 0.717) is 25.3 Å². The van der Waals surface area contributed by atoms with Crippen LogP contribution in [0.5, 0.6) is 0 Å². The van der Waals surface area contributed by atoms with E-state index in [1.807, 2.05) is 0 Å². The molecular formula is C21H37N8O3S+. The molecule has 3 heterocycles. The number of carbonyl (C=O) groups excluding carboxylic acids is 3. The second-order valence-corrected chi connectivity index (χ2v) is 9.86. The lowest BCUT2D eigenvalue weighted by Crippen LogP contribution is -2.47. The Morgan fingerprint density at radius 3 is 2.42 bits per heavy atom. The van der Waals surface area contributed by atoms with Gasteiger partial charge in [0, 0.05) is 64.0 Å². The maximum atomic E-state index is 12.6. The van der Waals surface area contributed by atoms with Crippen LogP contribution in [0.3, 0.4) is 0 Å².